The molecule has 0 saturated heterocycles. The summed E-state index contributed by atoms with van der Waals surface area (Å²) in [5, 5.41) is 3.21. The third-order valence-corrected chi connectivity index (χ3v) is 2.80. The second kappa shape index (κ2) is 4.78. The Morgan fingerprint density at radius 1 is 1.29 bits per heavy atom. The number of aliphatic imine (C=N–C) groups is 1. The van der Waals surface area contributed by atoms with E-state index in [4.69, 9.17) is 4.74 Å². The Labute approximate surface area is 103 Å². The molecule has 0 unspecified atom stereocenters. The van der Waals surface area contributed by atoms with Gasteiger partial charge < -0.3 is 10.1 Å². The maximum atomic E-state index is 5.85. The molecule has 1 aromatic rings. The van der Waals surface area contributed by atoms with Crippen molar-refractivity contribution in [2.24, 2.45) is 4.99 Å². The zero-order valence-electron chi connectivity index (χ0n) is 10.8. The molecule has 1 aliphatic heterocycles. The van der Waals surface area contributed by atoms with E-state index in [0.29, 0.717) is 6.61 Å². The second-order valence-electron chi connectivity index (χ2n) is 5.29. The van der Waals surface area contributed by atoms with Crippen molar-refractivity contribution in [2.45, 2.75) is 26.2 Å². The molecule has 3 nitrogen and oxygen atoms in total. The van der Waals surface area contributed by atoms with Gasteiger partial charge in [0, 0.05) is 6.54 Å². The molecule has 1 heterocycles. The van der Waals surface area contributed by atoms with E-state index in [2.05, 4.69) is 43.2 Å². The monoisotopic (exact) mass is 232 g/mol. The standard InChI is InChI=1S/C14H20N2O/c1-14(2,3)11-6-4-5-7-12(11)17-10-13-15-8-9-16-13/h4-7H,8-10H2,1-3H3,(H,15,16). The van der Waals surface area contributed by atoms with Crippen molar-refractivity contribution in [1.82, 2.24) is 5.32 Å². The van der Waals surface area contributed by atoms with Gasteiger partial charge in [0.15, 0.2) is 0 Å². The zero-order valence-corrected chi connectivity index (χ0v) is 10.8. The smallest absolute Gasteiger partial charge is 0.145 e. The minimum absolute atomic E-state index is 0.0987. The molecule has 1 N–H and O–H groups in total. The minimum atomic E-state index is 0.0987. The second-order valence-corrected chi connectivity index (χ2v) is 5.29. The normalized spacial score (nSPS) is 15.4. The summed E-state index contributed by atoms with van der Waals surface area (Å²) in [7, 11) is 0. The number of para-hydroxylation sites is 1. The van der Waals surface area contributed by atoms with E-state index in [-0.39, 0.29) is 5.41 Å². The molecule has 3 heteroatoms. The van der Waals surface area contributed by atoms with Gasteiger partial charge in [-0.3, -0.25) is 4.99 Å². The summed E-state index contributed by atoms with van der Waals surface area (Å²) < 4.78 is 5.85. The zero-order chi connectivity index (χ0) is 12.3. The number of nitrogens with zero attached hydrogens (tertiary/aromatic N) is 1. The lowest BCUT2D eigenvalue weighted by Gasteiger charge is -2.22. The summed E-state index contributed by atoms with van der Waals surface area (Å²) in [4.78, 5) is 4.32. The van der Waals surface area contributed by atoms with E-state index < -0.39 is 0 Å². The number of nitrogens with one attached hydrogen (secondary N) is 1. The number of rotatable bonds is 3. The maximum Gasteiger partial charge on any atom is 0.145 e. The number of hydrogen-bond acceptors (Lipinski definition) is 3. The Balaban J connectivity index is 2.09. The first kappa shape index (κ1) is 12.0. The first-order valence-electron chi connectivity index (χ1n) is 6.07. The summed E-state index contributed by atoms with van der Waals surface area (Å²) in [6.45, 7) is 8.91. The first-order chi connectivity index (χ1) is 8.07. The molecule has 17 heavy (non-hydrogen) atoms. The molecule has 0 aliphatic carbocycles. The maximum absolute atomic E-state index is 5.85. The minimum Gasteiger partial charge on any atom is -0.485 e. The van der Waals surface area contributed by atoms with Crippen LogP contribution in [0, 0.1) is 0 Å². The Morgan fingerprint density at radius 3 is 2.71 bits per heavy atom. The van der Waals surface area contributed by atoms with E-state index in [9.17, 15) is 0 Å². The molecule has 0 amide bonds. The highest BCUT2D eigenvalue weighted by atomic mass is 16.5. The molecular formula is C14H20N2O. The van der Waals surface area contributed by atoms with Crippen molar-refractivity contribution in [2.75, 3.05) is 19.7 Å². The summed E-state index contributed by atoms with van der Waals surface area (Å²) in [5.74, 6) is 1.91. The van der Waals surface area contributed by atoms with E-state index in [1.807, 2.05) is 12.1 Å². The Morgan fingerprint density at radius 2 is 2.06 bits per heavy atom. The molecule has 0 bridgehead atoms. The summed E-state index contributed by atoms with van der Waals surface area (Å²) in [5.41, 5.74) is 1.33. The lowest BCUT2D eigenvalue weighted by Crippen LogP contribution is -2.25. The first-order valence-corrected chi connectivity index (χ1v) is 6.07. The van der Waals surface area contributed by atoms with Crippen LogP contribution >= 0.6 is 0 Å². The largest absolute Gasteiger partial charge is 0.485 e. The highest BCUT2D eigenvalue weighted by molar-refractivity contribution is 5.85. The molecule has 0 spiro atoms. The fraction of sp³-hybridized carbons (Fsp3) is 0.500. The van der Waals surface area contributed by atoms with Gasteiger partial charge in [0.1, 0.15) is 18.2 Å². The van der Waals surface area contributed by atoms with Crippen LogP contribution in [0.15, 0.2) is 29.3 Å². The Kier molecular flexibility index (Phi) is 3.36. The Bertz CT molecular complexity index is 418. The van der Waals surface area contributed by atoms with Crippen LogP contribution in [0.1, 0.15) is 26.3 Å². The van der Waals surface area contributed by atoms with Gasteiger partial charge in [-0.2, -0.15) is 0 Å². The van der Waals surface area contributed by atoms with Gasteiger partial charge in [0.05, 0.1) is 6.54 Å². The van der Waals surface area contributed by atoms with Crippen LogP contribution in [-0.2, 0) is 5.41 Å². The molecule has 0 atom stereocenters. The van der Waals surface area contributed by atoms with Crippen LogP contribution in [0.5, 0.6) is 5.75 Å². The summed E-state index contributed by atoms with van der Waals surface area (Å²) in [6.07, 6.45) is 0. The number of benzene rings is 1. The topological polar surface area (TPSA) is 33.6 Å². The number of amidine groups is 1. The van der Waals surface area contributed by atoms with Gasteiger partial charge in [-0.25, -0.2) is 0 Å². The third kappa shape index (κ3) is 2.99. The highest BCUT2D eigenvalue weighted by Gasteiger charge is 2.18. The Hall–Kier alpha value is -1.51. The van der Waals surface area contributed by atoms with E-state index in [1.54, 1.807) is 0 Å². The van der Waals surface area contributed by atoms with Crippen molar-refractivity contribution < 1.29 is 4.74 Å². The lowest BCUT2D eigenvalue weighted by molar-refractivity contribution is 0.360. The number of hydrogen-bond donors (Lipinski definition) is 1. The van der Waals surface area contributed by atoms with Crippen LogP contribution in [0.25, 0.3) is 0 Å². The third-order valence-electron chi connectivity index (χ3n) is 2.80. The fourth-order valence-corrected chi connectivity index (χ4v) is 1.90. The quantitative estimate of drug-likeness (QED) is 0.868. The van der Waals surface area contributed by atoms with Crippen LogP contribution in [0.2, 0.25) is 0 Å². The van der Waals surface area contributed by atoms with Gasteiger partial charge in [-0.15, -0.1) is 0 Å². The average Bonchev–Trinajstić information content (AvgIpc) is 2.78. The molecule has 0 fully saturated rings. The fourth-order valence-electron chi connectivity index (χ4n) is 1.90. The van der Waals surface area contributed by atoms with Crippen LogP contribution in [-0.4, -0.2) is 25.5 Å². The molecule has 0 radical (unpaired) electrons. The van der Waals surface area contributed by atoms with Crippen LogP contribution < -0.4 is 10.1 Å². The molecule has 92 valence electrons. The molecule has 2 rings (SSSR count). The molecular weight excluding hydrogens is 212 g/mol. The summed E-state index contributed by atoms with van der Waals surface area (Å²) >= 11 is 0. The van der Waals surface area contributed by atoms with E-state index >= 15 is 0 Å². The highest BCUT2D eigenvalue weighted by Crippen LogP contribution is 2.30. The lowest BCUT2D eigenvalue weighted by atomic mass is 9.86. The van der Waals surface area contributed by atoms with Gasteiger partial charge in [0.25, 0.3) is 0 Å². The molecule has 0 saturated carbocycles. The van der Waals surface area contributed by atoms with Crippen LogP contribution in [0.3, 0.4) is 0 Å². The van der Waals surface area contributed by atoms with Crippen molar-refractivity contribution in [3.05, 3.63) is 29.8 Å². The summed E-state index contributed by atoms with van der Waals surface area (Å²) in [6, 6.07) is 8.21. The SMILES string of the molecule is CC(C)(C)c1ccccc1OCC1=NCCN1. The van der Waals surface area contributed by atoms with E-state index in [1.165, 1.54) is 5.56 Å². The predicted molar refractivity (Wildman–Crippen MR) is 70.9 cm³/mol. The average molecular weight is 232 g/mol. The van der Waals surface area contributed by atoms with Gasteiger partial charge >= 0.3 is 0 Å². The molecule has 1 aromatic carbocycles. The van der Waals surface area contributed by atoms with Crippen molar-refractivity contribution in [1.29, 1.82) is 0 Å². The van der Waals surface area contributed by atoms with Crippen molar-refractivity contribution in [3.8, 4) is 5.75 Å². The van der Waals surface area contributed by atoms with Crippen molar-refractivity contribution in [3.63, 3.8) is 0 Å². The van der Waals surface area contributed by atoms with Gasteiger partial charge in [-0.05, 0) is 17.0 Å². The van der Waals surface area contributed by atoms with Crippen LogP contribution in [0.4, 0.5) is 0 Å². The number of ether oxygens (including phenoxy) is 1. The van der Waals surface area contributed by atoms with E-state index in [0.717, 1.165) is 24.7 Å². The molecule has 0 aromatic heterocycles. The predicted octanol–water partition coefficient (Wildman–Crippen LogP) is 2.36. The van der Waals surface area contributed by atoms with Gasteiger partial charge in [-0.1, -0.05) is 39.0 Å². The molecule has 1 aliphatic rings. The van der Waals surface area contributed by atoms with Crippen molar-refractivity contribution >= 4 is 5.84 Å². The van der Waals surface area contributed by atoms with Gasteiger partial charge in [0.2, 0.25) is 0 Å².